The lowest BCUT2D eigenvalue weighted by molar-refractivity contribution is -0.147. The van der Waals surface area contributed by atoms with Gasteiger partial charge in [0, 0.05) is 6.42 Å². The van der Waals surface area contributed by atoms with Crippen LogP contribution in [-0.2, 0) is 9.53 Å². The summed E-state index contributed by atoms with van der Waals surface area (Å²) in [6, 6.07) is 0. The van der Waals surface area contributed by atoms with E-state index in [1.807, 2.05) is 0 Å². The highest BCUT2D eigenvalue weighted by molar-refractivity contribution is 5.70. The first-order valence-corrected chi connectivity index (χ1v) is 4.04. The quantitative estimate of drug-likeness (QED) is 0.476. The van der Waals surface area contributed by atoms with Gasteiger partial charge < -0.3 is 4.74 Å². The van der Waals surface area contributed by atoms with Crippen LogP contribution in [0, 0.1) is 5.92 Å². The van der Waals surface area contributed by atoms with E-state index in [0.29, 0.717) is 12.3 Å². The summed E-state index contributed by atoms with van der Waals surface area (Å²) >= 11 is 0. The van der Waals surface area contributed by atoms with Crippen molar-refractivity contribution in [2.45, 2.75) is 38.2 Å². The lowest BCUT2D eigenvalue weighted by Crippen LogP contribution is -2.16. The highest BCUT2D eigenvalue weighted by atomic mass is 16.5. The molecule has 56 valence electrons. The van der Waals surface area contributed by atoms with E-state index in [1.165, 1.54) is 12.8 Å². The number of esters is 1. The Hall–Kier alpha value is -0.530. The first kappa shape index (κ1) is 6.20. The van der Waals surface area contributed by atoms with Gasteiger partial charge in [-0.25, -0.2) is 0 Å². The van der Waals surface area contributed by atoms with Crippen molar-refractivity contribution in [1.82, 2.24) is 0 Å². The van der Waals surface area contributed by atoms with Gasteiger partial charge in [-0.3, -0.25) is 4.79 Å². The molecule has 10 heavy (non-hydrogen) atoms. The number of ether oxygens (including phenoxy) is 1. The highest BCUT2D eigenvalue weighted by Gasteiger charge is 2.30. The summed E-state index contributed by atoms with van der Waals surface area (Å²) in [5.74, 6) is 0.677. The van der Waals surface area contributed by atoms with Crippen molar-refractivity contribution < 1.29 is 9.53 Å². The Morgan fingerprint density at radius 3 is 2.60 bits per heavy atom. The van der Waals surface area contributed by atoms with Crippen molar-refractivity contribution in [3.05, 3.63) is 0 Å². The molecule has 1 saturated carbocycles. The van der Waals surface area contributed by atoms with Crippen molar-refractivity contribution in [1.29, 1.82) is 0 Å². The minimum Gasteiger partial charge on any atom is -0.462 e. The molecule has 2 aliphatic heterocycles. The Kier molecular flexibility index (Phi) is 1.40. The van der Waals surface area contributed by atoms with Gasteiger partial charge >= 0.3 is 5.97 Å². The average molecular weight is 140 g/mol. The lowest BCUT2D eigenvalue weighted by Gasteiger charge is -2.20. The van der Waals surface area contributed by atoms with Gasteiger partial charge in [0.2, 0.25) is 0 Å². The van der Waals surface area contributed by atoms with Crippen molar-refractivity contribution in [2.75, 3.05) is 0 Å². The summed E-state index contributed by atoms with van der Waals surface area (Å²) in [5, 5.41) is 0. The van der Waals surface area contributed by atoms with Crippen LogP contribution < -0.4 is 0 Å². The van der Waals surface area contributed by atoms with Gasteiger partial charge in [0.25, 0.3) is 0 Å². The molecule has 3 aliphatic rings. The largest absolute Gasteiger partial charge is 0.462 e. The van der Waals surface area contributed by atoms with E-state index in [9.17, 15) is 4.79 Å². The maximum atomic E-state index is 10.9. The van der Waals surface area contributed by atoms with Gasteiger partial charge in [-0.2, -0.15) is 0 Å². The molecule has 0 aromatic heterocycles. The number of rotatable bonds is 0. The molecule has 0 spiro atoms. The van der Waals surface area contributed by atoms with Crippen LogP contribution in [0.2, 0.25) is 0 Å². The topological polar surface area (TPSA) is 26.3 Å². The average Bonchev–Trinajstić information content (AvgIpc) is 2.17. The van der Waals surface area contributed by atoms with Crippen LogP contribution in [0.25, 0.3) is 0 Å². The van der Waals surface area contributed by atoms with Crippen molar-refractivity contribution in [2.24, 2.45) is 5.92 Å². The second-order valence-corrected chi connectivity index (χ2v) is 3.34. The van der Waals surface area contributed by atoms with E-state index in [4.69, 9.17) is 4.74 Å². The zero-order valence-electron chi connectivity index (χ0n) is 6.01. The van der Waals surface area contributed by atoms with Crippen LogP contribution in [0.3, 0.4) is 0 Å². The molecule has 0 amide bonds. The first-order chi connectivity index (χ1) is 4.84. The SMILES string of the molecule is O=C1CC2CCC(CC2)O1. The second kappa shape index (κ2) is 2.26. The molecule has 3 rings (SSSR count). The molecule has 3 fully saturated rings. The van der Waals surface area contributed by atoms with E-state index >= 15 is 0 Å². The maximum absolute atomic E-state index is 10.9. The molecule has 2 heteroatoms. The van der Waals surface area contributed by atoms with Gasteiger partial charge in [-0.1, -0.05) is 0 Å². The number of carbonyl (C=O) groups is 1. The smallest absolute Gasteiger partial charge is 0.306 e. The molecule has 0 aromatic carbocycles. The van der Waals surface area contributed by atoms with E-state index in [-0.39, 0.29) is 12.1 Å². The summed E-state index contributed by atoms with van der Waals surface area (Å²) in [6.07, 6.45) is 5.57. The second-order valence-electron chi connectivity index (χ2n) is 3.34. The Bertz CT molecular complexity index is 129. The van der Waals surface area contributed by atoms with Crippen LogP contribution in [-0.4, -0.2) is 12.1 Å². The fourth-order valence-corrected chi connectivity index (χ4v) is 1.92. The third-order valence-electron chi connectivity index (χ3n) is 2.55. The first-order valence-electron chi connectivity index (χ1n) is 4.04. The molecule has 0 N–H and O–H groups in total. The number of fused-ring (bicyclic) bond motifs is 4. The molecule has 0 radical (unpaired) electrons. The molecular weight excluding hydrogens is 128 g/mol. The molecule has 0 atom stereocenters. The van der Waals surface area contributed by atoms with Crippen molar-refractivity contribution in [3.8, 4) is 0 Å². The van der Waals surface area contributed by atoms with E-state index in [0.717, 1.165) is 12.8 Å². The summed E-state index contributed by atoms with van der Waals surface area (Å²) in [4.78, 5) is 10.9. The molecule has 1 aliphatic carbocycles. The van der Waals surface area contributed by atoms with Gasteiger partial charge in [-0.15, -0.1) is 0 Å². The summed E-state index contributed by atoms with van der Waals surface area (Å²) in [6.45, 7) is 0. The van der Waals surface area contributed by atoms with Crippen LogP contribution in [0.1, 0.15) is 32.1 Å². The van der Waals surface area contributed by atoms with Crippen LogP contribution in [0.5, 0.6) is 0 Å². The number of carbonyl (C=O) groups excluding carboxylic acids is 1. The zero-order valence-corrected chi connectivity index (χ0v) is 6.01. The fraction of sp³-hybridized carbons (Fsp3) is 0.875. The fourth-order valence-electron chi connectivity index (χ4n) is 1.92. The van der Waals surface area contributed by atoms with E-state index < -0.39 is 0 Å². The normalized spacial score (nSPS) is 39.0. The summed E-state index contributed by atoms with van der Waals surface area (Å²) < 4.78 is 5.16. The third-order valence-corrected chi connectivity index (χ3v) is 2.55. The van der Waals surface area contributed by atoms with Gasteiger partial charge in [0.1, 0.15) is 6.10 Å². The minimum absolute atomic E-state index is 0.0324. The Morgan fingerprint density at radius 1 is 1.20 bits per heavy atom. The van der Waals surface area contributed by atoms with Crippen molar-refractivity contribution >= 4 is 5.97 Å². The molecule has 0 aromatic rings. The Balaban J connectivity index is 2.12. The lowest BCUT2D eigenvalue weighted by atomic mass is 9.87. The standard InChI is InChI=1S/C8H12O2/c9-8-5-6-1-3-7(10-8)4-2-6/h6-7H,1-5H2. The Morgan fingerprint density at radius 2 is 1.90 bits per heavy atom. The highest BCUT2D eigenvalue weighted by Crippen LogP contribution is 2.32. The number of hydrogen-bond donors (Lipinski definition) is 0. The summed E-state index contributed by atoms with van der Waals surface area (Å²) in [5.41, 5.74) is 0. The van der Waals surface area contributed by atoms with Gasteiger partial charge in [0.05, 0.1) is 0 Å². The van der Waals surface area contributed by atoms with Crippen LogP contribution in [0.15, 0.2) is 0 Å². The summed E-state index contributed by atoms with van der Waals surface area (Å²) in [7, 11) is 0. The predicted molar refractivity (Wildman–Crippen MR) is 36.5 cm³/mol. The maximum Gasteiger partial charge on any atom is 0.306 e. The molecule has 0 unspecified atom stereocenters. The molecule has 2 nitrogen and oxygen atoms in total. The van der Waals surface area contributed by atoms with Crippen molar-refractivity contribution in [3.63, 3.8) is 0 Å². The predicted octanol–water partition coefficient (Wildman–Crippen LogP) is 1.49. The van der Waals surface area contributed by atoms with Gasteiger partial charge in [0.15, 0.2) is 0 Å². The molecular formula is C8H12O2. The van der Waals surface area contributed by atoms with E-state index in [2.05, 4.69) is 0 Å². The van der Waals surface area contributed by atoms with Crippen LogP contribution >= 0.6 is 0 Å². The van der Waals surface area contributed by atoms with E-state index in [1.54, 1.807) is 0 Å². The zero-order chi connectivity index (χ0) is 6.97. The Labute approximate surface area is 60.6 Å². The van der Waals surface area contributed by atoms with Gasteiger partial charge in [-0.05, 0) is 31.6 Å². The molecule has 2 saturated heterocycles. The molecule has 2 bridgehead atoms. The minimum atomic E-state index is 0.0324. The third kappa shape index (κ3) is 1.02. The number of hydrogen-bond acceptors (Lipinski definition) is 2. The molecule has 2 heterocycles. The monoisotopic (exact) mass is 140 g/mol. The van der Waals surface area contributed by atoms with Crippen LogP contribution in [0.4, 0.5) is 0 Å².